The Kier molecular flexibility index (Phi) is 2.99. The molecule has 0 radical (unpaired) electrons. The van der Waals surface area contributed by atoms with Gasteiger partial charge in [-0.15, -0.1) is 0 Å². The van der Waals surface area contributed by atoms with Crippen LogP contribution in [0.3, 0.4) is 0 Å². The molecule has 1 aromatic carbocycles. The Balaban J connectivity index is 2.43. The Morgan fingerprint density at radius 2 is 2.06 bits per heavy atom. The van der Waals surface area contributed by atoms with E-state index in [-0.39, 0.29) is 11.7 Å². The highest BCUT2D eigenvalue weighted by Crippen LogP contribution is 2.36. The van der Waals surface area contributed by atoms with E-state index in [0.29, 0.717) is 6.61 Å². The maximum absolute atomic E-state index is 12.1. The predicted molar refractivity (Wildman–Crippen MR) is 64.1 cm³/mol. The molecule has 1 saturated carbocycles. The van der Waals surface area contributed by atoms with Crippen molar-refractivity contribution >= 4 is 5.78 Å². The van der Waals surface area contributed by atoms with Gasteiger partial charge in [0.15, 0.2) is 5.78 Å². The van der Waals surface area contributed by atoms with Gasteiger partial charge in [-0.2, -0.15) is 0 Å². The molecule has 0 atom stereocenters. The second kappa shape index (κ2) is 4.28. The predicted octanol–water partition coefficient (Wildman–Crippen LogP) is 3.29. The minimum atomic E-state index is 0.250. The third kappa shape index (κ3) is 2.11. The van der Waals surface area contributed by atoms with Gasteiger partial charge in [0.1, 0.15) is 5.75 Å². The summed E-state index contributed by atoms with van der Waals surface area (Å²) in [6, 6.07) is 4.02. The van der Waals surface area contributed by atoms with Gasteiger partial charge in [0.05, 0.1) is 12.2 Å². The summed E-state index contributed by atoms with van der Waals surface area (Å²) in [5.74, 6) is 1.29. The van der Waals surface area contributed by atoms with Crippen molar-refractivity contribution in [3.8, 4) is 5.75 Å². The zero-order valence-corrected chi connectivity index (χ0v) is 10.2. The number of hydrogen-bond acceptors (Lipinski definition) is 2. The standard InChI is InChI=1S/C14H18O2/c1-4-16-14-10(3)7-9(2)8-12(14)13(15)11-5-6-11/h7-8,11H,4-6H2,1-3H3. The summed E-state index contributed by atoms with van der Waals surface area (Å²) in [6.45, 7) is 6.58. The van der Waals surface area contributed by atoms with E-state index in [2.05, 4.69) is 6.07 Å². The molecule has 1 aromatic rings. The molecule has 0 spiro atoms. The highest BCUT2D eigenvalue weighted by atomic mass is 16.5. The molecule has 16 heavy (non-hydrogen) atoms. The third-order valence-corrected chi connectivity index (χ3v) is 2.92. The van der Waals surface area contributed by atoms with E-state index in [1.165, 1.54) is 0 Å². The molecular weight excluding hydrogens is 200 g/mol. The van der Waals surface area contributed by atoms with Crippen LogP contribution in [0.4, 0.5) is 0 Å². The Morgan fingerprint density at radius 1 is 1.38 bits per heavy atom. The molecule has 0 aliphatic heterocycles. The fourth-order valence-electron chi connectivity index (χ4n) is 2.04. The van der Waals surface area contributed by atoms with Crippen LogP contribution in [-0.2, 0) is 0 Å². The molecule has 0 N–H and O–H groups in total. The van der Waals surface area contributed by atoms with Crippen molar-refractivity contribution in [3.63, 3.8) is 0 Å². The van der Waals surface area contributed by atoms with E-state index >= 15 is 0 Å². The lowest BCUT2D eigenvalue weighted by Gasteiger charge is -2.13. The lowest BCUT2D eigenvalue weighted by Crippen LogP contribution is -2.07. The summed E-state index contributed by atoms with van der Waals surface area (Å²) in [5.41, 5.74) is 2.97. The van der Waals surface area contributed by atoms with E-state index in [1.54, 1.807) is 0 Å². The van der Waals surface area contributed by atoms with Gasteiger partial charge in [-0.25, -0.2) is 0 Å². The zero-order valence-electron chi connectivity index (χ0n) is 10.2. The zero-order chi connectivity index (χ0) is 11.7. The minimum Gasteiger partial charge on any atom is -0.493 e. The second-order valence-corrected chi connectivity index (χ2v) is 4.53. The van der Waals surface area contributed by atoms with E-state index in [0.717, 1.165) is 35.3 Å². The van der Waals surface area contributed by atoms with Crippen LogP contribution in [0.1, 0.15) is 41.3 Å². The number of aryl methyl sites for hydroxylation is 2. The Bertz CT molecular complexity index is 417. The third-order valence-electron chi connectivity index (χ3n) is 2.92. The first-order chi connectivity index (χ1) is 7.63. The fraction of sp³-hybridized carbons (Fsp3) is 0.500. The first kappa shape index (κ1) is 11.2. The Hall–Kier alpha value is -1.31. The van der Waals surface area contributed by atoms with Crippen LogP contribution in [0.25, 0.3) is 0 Å². The van der Waals surface area contributed by atoms with Crippen molar-refractivity contribution in [1.29, 1.82) is 0 Å². The molecule has 0 unspecified atom stereocenters. The summed E-state index contributed by atoms with van der Waals surface area (Å²) in [7, 11) is 0. The molecule has 0 amide bonds. The number of ether oxygens (including phenoxy) is 1. The molecule has 0 saturated heterocycles. The van der Waals surface area contributed by atoms with Gasteiger partial charge < -0.3 is 4.74 Å². The molecule has 2 heteroatoms. The molecule has 0 aromatic heterocycles. The fourth-order valence-corrected chi connectivity index (χ4v) is 2.04. The number of rotatable bonds is 4. The molecular formula is C14H18O2. The molecule has 1 aliphatic rings. The highest BCUT2D eigenvalue weighted by molar-refractivity contribution is 6.02. The molecule has 2 nitrogen and oxygen atoms in total. The molecule has 0 bridgehead atoms. The molecule has 86 valence electrons. The normalized spacial score (nSPS) is 14.9. The molecule has 1 fully saturated rings. The Labute approximate surface area is 96.6 Å². The largest absolute Gasteiger partial charge is 0.493 e. The summed E-state index contributed by atoms with van der Waals surface area (Å²) in [5, 5.41) is 0. The van der Waals surface area contributed by atoms with Crippen molar-refractivity contribution in [2.75, 3.05) is 6.61 Å². The SMILES string of the molecule is CCOc1c(C)cc(C)cc1C(=O)C1CC1. The van der Waals surface area contributed by atoms with Gasteiger partial charge in [0.25, 0.3) is 0 Å². The monoisotopic (exact) mass is 218 g/mol. The second-order valence-electron chi connectivity index (χ2n) is 4.53. The van der Waals surface area contributed by atoms with Crippen LogP contribution in [-0.4, -0.2) is 12.4 Å². The Morgan fingerprint density at radius 3 is 2.62 bits per heavy atom. The van der Waals surface area contributed by atoms with E-state index in [1.807, 2.05) is 26.8 Å². The quantitative estimate of drug-likeness (QED) is 0.725. The van der Waals surface area contributed by atoms with E-state index < -0.39 is 0 Å². The average molecular weight is 218 g/mol. The maximum atomic E-state index is 12.1. The van der Waals surface area contributed by atoms with Crippen LogP contribution < -0.4 is 4.74 Å². The van der Waals surface area contributed by atoms with Gasteiger partial charge in [0, 0.05) is 5.92 Å². The van der Waals surface area contributed by atoms with Gasteiger partial charge >= 0.3 is 0 Å². The first-order valence-electron chi connectivity index (χ1n) is 5.91. The van der Waals surface area contributed by atoms with Crippen LogP contribution in [0.15, 0.2) is 12.1 Å². The molecule has 0 heterocycles. The summed E-state index contributed by atoms with van der Waals surface area (Å²) in [4.78, 5) is 12.1. The average Bonchev–Trinajstić information content (AvgIpc) is 3.04. The molecule has 1 aliphatic carbocycles. The maximum Gasteiger partial charge on any atom is 0.169 e. The number of Topliss-reactive ketones (excluding diaryl/α,β-unsaturated/α-hetero) is 1. The number of carbonyl (C=O) groups excluding carboxylic acids is 1. The van der Waals surface area contributed by atoms with Crippen molar-refractivity contribution in [1.82, 2.24) is 0 Å². The number of hydrogen-bond donors (Lipinski definition) is 0. The lowest BCUT2D eigenvalue weighted by molar-refractivity contribution is 0.0963. The van der Waals surface area contributed by atoms with E-state index in [4.69, 9.17) is 4.74 Å². The summed E-state index contributed by atoms with van der Waals surface area (Å²) in [6.07, 6.45) is 2.08. The summed E-state index contributed by atoms with van der Waals surface area (Å²) < 4.78 is 5.60. The highest BCUT2D eigenvalue weighted by Gasteiger charge is 2.32. The van der Waals surface area contributed by atoms with Crippen molar-refractivity contribution in [3.05, 3.63) is 28.8 Å². The van der Waals surface area contributed by atoms with Crippen LogP contribution in [0.5, 0.6) is 5.75 Å². The smallest absolute Gasteiger partial charge is 0.169 e. The molecule has 2 rings (SSSR count). The number of carbonyl (C=O) groups is 1. The van der Waals surface area contributed by atoms with Crippen LogP contribution in [0, 0.1) is 19.8 Å². The van der Waals surface area contributed by atoms with Crippen LogP contribution >= 0.6 is 0 Å². The van der Waals surface area contributed by atoms with Crippen LogP contribution in [0.2, 0.25) is 0 Å². The summed E-state index contributed by atoms with van der Waals surface area (Å²) >= 11 is 0. The minimum absolute atomic E-state index is 0.250. The van der Waals surface area contributed by atoms with E-state index in [9.17, 15) is 4.79 Å². The number of ketones is 1. The number of benzene rings is 1. The van der Waals surface area contributed by atoms with Crippen molar-refractivity contribution in [2.24, 2.45) is 5.92 Å². The van der Waals surface area contributed by atoms with Gasteiger partial charge in [-0.05, 0) is 50.8 Å². The topological polar surface area (TPSA) is 26.3 Å². The van der Waals surface area contributed by atoms with Gasteiger partial charge in [-0.1, -0.05) is 6.07 Å². The lowest BCUT2D eigenvalue weighted by atomic mass is 10.00. The van der Waals surface area contributed by atoms with Gasteiger partial charge in [0.2, 0.25) is 0 Å². The first-order valence-corrected chi connectivity index (χ1v) is 5.91. The van der Waals surface area contributed by atoms with Crippen molar-refractivity contribution < 1.29 is 9.53 Å². The van der Waals surface area contributed by atoms with Gasteiger partial charge in [-0.3, -0.25) is 4.79 Å². The van der Waals surface area contributed by atoms with Crippen molar-refractivity contribution in [2.45, 2.75) is 33.6 Å².